The zero-order chi connectivity index (χ0) is 41.9. The zero-order valence-electron chi connectivity index (χ0n) is 35.9. The quantitative estimate of drug-likeness (QED) is 0.176. The average molecular weight is 770 g/mol. The van der Waals surface area contributed by atoms with Crippen molar-refractivity contribution in [2.45, 2.75) is 105 Å². The van der Waals surface area contributed by atoms with Gasteiger partial charge in [-0.25, -0.2) is 8.78 Å². The van der Waals surface area contributed by atoms with Crippen molar-refractivity contribution in [2.75, 3.05) is 0 Å². The Kier molecular flexibility index (Phi) is 8.87. The first-order chi connectivity index (χ1) is 27.0. The van der Waals surface area contributed by atoms with Crippen molar-refractivity contribution in [1.29, 1.82) is 5.26 Å². The molecule has 0 N–H and O–H groups in total. The van der Waals surface area contributed by atoms with Crippen LogP contribution < -0.4 is 0 Å². The number of benzene rings is 6. The van der Waals surface area contributed by atoms with Gasteiger partial charge in [-0.05, 0) is 122 Å². The second-order valence-corrected chi connectivity index (χ2v) is 20.3. The molecule has 0 radical (unpaired) electrons. The molecule has 0 aliphatic rings. The molecule has 0 saturated heterocycles. The molecule has 8 rings (SSSR count). The van der Waals surface area contributed by atoms with Crippen LogP contribution in [0, 0.1) is 23.0 Å². The van der Waals surface area contributed by atoms with E-state index in [9.17, 15) is 5.26 Å². The lowest BCUT2D eigenvalue weighted by atomic mass is 9.85. The first-order valence-corrected chi connectivity index (χ1v) is 20.3. The molecule has 6 aromatic carbocycles. The van der Waals surface area contributed by atoms with Gasteiger partial charge in [-0.3, -0.25) is 0 Å². The van der Waals surface area contributed by atoms with Crippen LogP contribution in [0.1, 0.15) is 111 Å². The maximum Gasteiger partial charge on any atom is 0.126 e. The van der Waals surface area contributed by atoms with E-state index >= 15 is 8.78 Å². The number of nitrogens with zero attached hydrogens (tertiary/aromatic N) is 3. The van der Waals surface area contributed by atoms with Crippen molar-refractivity contribution < 1.29 is 8.78 Å². The summed E-state index contributed by atoms with van der Waals surface area (Å²) in [4.78, 5) is 0. The van der Waals surface area contributed by atoms with Crippen molar-refractivity contribution in [1.82, 2.24) is 9.13 Å². The summed E-state index contributed by atoms with van der Waals surface area (Å²) in [5.74, 6) is -1.33. The average Bonchev–Trinajstić information content (AvgIpc) is 3.63. The van der Waals surface area contributed by atoms with E-state index in [1.165, 1.54) is 34.4 Å². The van der Waals surface area contributed by atoms with Crippen LogP contribution in [-0.2, 0) is 21.7 Å². The summed E-state index contributed by atoms with van der Waals surface area (Å²) in [7, 11) is 0. The SMILES string of the molecule is CC(C)(C)c1ccc2c(c1)c1cc(C(C)(C)C)ccc1n2-c1cc(-c2cc(F)cc(F)c2)c(-n2c3ccc(C(C)(C)C)cc3c3cc(C(C)(C)C)ccc32)cc1C#N. The zero-order valence-corrected chi connectivity index (χ0v) is 35.9. The minimum atomic E-state index is -0.667. The largest absolute Gasteiger partial charge is 0.309 e. The summed E-state index contributed by atoms with van der Waals surface area (Å²) in [6.45, 7) is 26.6. The Morgan fingerprint density at radius 3 is 1.05 bits per heavy atom. The molecular weight excluding hydrogens is 717 g/mol. The smallest absolute Gasteiger partial charge is 0.126 e. The van der Waals surface area contributed by atoms with E-state index < -0.39 is 11.6 Å². The van der Waals surface area contributed by atoms with Crippen LogP contribution in [-0.4, -0.2) is 9.13 Å². The molecule has 5 heteroatoms. The summed E-state index contributed by atoms with van der Waals surface area (Å²) < 4.78 is 34.9. The molecule has 8 aromatic rings. The molecule has 0 fully saturated rings. The molecule has 0 atom stereocenters. The summed E-state index contributed by atoms with van der Waals surface area (Å²) in [6, 6.07) is 36.5. The highest BCUT2D eigenvalue weighted by molar-refractivity contribution is 6.12. The van der Waals surface area contributed by atoms with Gasteiger partial charge in [0, 0.05) is 33.2 Å². The van der Waals surface area contributed by atoms with Gasteiger partial charge in [-0.15, -0.1) is 0 Å². The van der Waals surface area contributed by atoms with Crippen molar-refractivity contribution in [3.63, 3.8) is 0 Å². The van der Waals surface area contributed by atoms with E-state index in [0.29, 0.717) is 28.1 Å². The van der Waals surface area contributed by atoms with E-state index in [4.69, 9.17) is 0 Å². The normalized spacial score (nSPS) is 13.0. The third kappa shape index (κ3) is 6.57. The molecule has 0 saturated carbocycles. The Bertz CT molecular complexity index is 2850. The van der Waals surface area contributed by atoms with Crippen molar-refractivity contribution in [2.24, 2.45) is 0 Å². The number of aromatic nitrogens is 2. The number of halogens is 2. The predicted molar refractivity (Wildman–Crippen MR) is 240 cm³/mol. The topological polar surface area (TPSA) is 33.6 Å². The Labute approximate surface area is 341 Å². The van der Waals surface area contributed by atoms with Crippen LogP contribution in [0.2, 0.25) is 0 Å². The van der Waals surface area contributed by atoms with Crippen molar-refractivity contribution >= 4 is 43.6 Å². The molecule has 0 spiro atoms. The molecule has 3 nitrogen and oxygen atoms in total. The van der Waals surface area contributed by atoms with E-state index in [2.05, 4.69) is 171 Å². The molecular formula is C53H53F2N3. The Balaban J connectivity index is 1.52. The number of nitriles is 1. The lowest BCUT2D eigenvalue weighted by Gasteiger charge is -2.21. The van der Waals surface area contributed by atoms with Crippen LogP contribution in [0.5, 0.6) is 0 Å². The van der Waals surface area contributed by atoms with Gasteiger partial charge in [0.2, 0.25) is 0 Å². The third-order valence-electron chi connectivity index (χ3n) is 11.9. The molecule has 294 valence electrons. The summed E-state index contributed by atoms with van der Waals surface area (Å²) in [5, 5.41) is 15.5. The fraction of sp³-hybridized carbons (Fsp3) is 0.302. The first kappa shape index (κ1) is 39.1. The van der Waals surface area contributed by atoms with Gasteiger partial charge in [0.05, 0.1) is 39.0 Å². The lowest BCUT2D eigenvalue weighted by molar-refractivity contribution is 0.584. The number of rotatable bonds is 3. The maximum atomic E-state index is 15.3. The van der Waals surface area contributed by atoms with Crippen molar-refractivity contribution in [3.8, 4) is 28.6 Å². The predicted octanol–water partition coefficient (Wildman–Crippen LogP) is 14.9. The van der Waals surface area contributed by atoms with Gasteiger partial charge in [0.25, 0.3) is 0 Å². The highest BCUT2D eigenvalue weighted by atomic mass is 19.1. The second kappa shape index (κ2) is 13.1. The van der Waals surface area contributed by atoms with Crippen LogP contribution in [0.4, 0.5) is 8.78 Å². The maximum absolute atomic E-state index is 15.3. The van der Waals surface area contributed by atoms with Gasteiger partial charge in [-0.2, -0.15) is 5.26 Å². The van der Waals surface area contributed by atoms with Gasteiger partial charge in [-0.1, -0.05) is 107 Å². The van der Waals surface area contributed by atoms with Gasteiger partial charge >= 0.3 is 0 Å². The van der Waals surface area contributed by atoms with Gasteiger partial charge < -0.3 is 9.13 Å². The van der Waals surface area contributed by atoms with E-state index in [1.807, 2.05) is 12.1 Å². The van der Waals surface area contributed by atoms with Crippen molar-refractivity contribution in [3.05, 3.63) is 143 Å². The first-order valence-electron chi connectivity index (χ1n) is 20.3. The molecule has 0 aliphatic carbocycles. The third-order valence-corrected chi connectivity index (χ3v) is 11.9. The molecule has 0 bridgehead atoms. The van der Waals surface area contributed by atoms with Gasteiger partial charge in [0.15, 0.2) is 0 Å². The standard InChI is InChI=1S/C53H53F2N3/c1-50(2,3)33-13-17-44-40(24-33)41-25-34(51(4,5)6)14-18-45(41)57(44)48-29-39(31-21-37(54)28-38(55)22-31)49(23-32(48)30-56)58-46-19-15-35(52(7,8)9)26-42(46)43-27-36(53(10,11)12)16-20-47(43)58/h13-29H,1-12H3. The Morgan fingerprint density at radius 1 is 0.414 bits per heavy atom. The van der Waals surface area contributed by atoms with Crippen LogP contribution in [0.15, 0.2) is 103 Å². The monoisotopic (exact) mass is 769 g/mol. The molecule has 0 unspecified atom stereocenters. The molecule has 2 aromatic heterocycles. The van der Waals surface area contributed by atoms with E-state index in [1.54, 1.807) is 0 Å². The number of hydrogen-bond acceptors (Lipinski definition) is 1. The van der Waals surface area contributed by atoms with E-state index in [0.717, 1.165) is 49.7 Å². The molecule has 2 heterocycles. The number of hydrogen-bond donors (Lipinski definition) is 0. The molecule has 0 amide bonds. The lowest BCUT2D eigenvalue weighted by Crippen LogP contribution is -2.10. The van der Waals surface area contributed by atoms with Crippen LogP contribution >= 0.6 is 0 Å². The highest BCUT2D eigenvalue weighted by Crippen LogP contribution is 2.44. The van der Waals surface area contributed by atoms with E-state index in [-0.39, 0.29) is 21.7 Å². The second-order valence-electron chi connectivity index (χ2n) is 20.3. The fourth-order valence-corrected chi connectivity index (χ4v) is 8.41. The molecule has 0 aliphatic heterocycles. The summed E-state index contributed by atoms with van der Waals surface area (Å²) in [5.41, 5.74) is 11.1. The minimum Gasteiger partial charge on any atom is -0.309 e. The summed E-state index contributed by atoms with van der Waals surface area (Å²) >= 11 is 0. The molecule has 58 heavy (non-hydrogen) atoms. The fourth-order valence-electron chi connectivity index (χ4n) is 8.41. The number of fused-ring (bicyclic) bond motifs is 6. The van der Waals surface area contributed by atoms with Crippen LogP contribution in [0.3, 0.4) is 0 Å². The Morgan fingerprint density at radius 2 is 0.741 bits per heavy atom. The summed E-state index contributed by atoms with van der Waals surface area (Å²) in [6.07, 6.45) is 0. The van der Waals surface area contributed by atoms with Crippen LogP contribution in [0.25, 0.3) is 66.1 Å². The minimum absolute atomic E-state index is 0.0814. The van der Waals surface area contributed by atoms with Gasteiger partial charge in [0.1, 0.15) is 17.7 Å². The highest BCUT2D eigenvalue weighted by Gasteiger charge is 2.26. The Hall–Kier alpha value is -5.73.